The van der Waals surface area contributed by atoms with Gasteiger partial charge >= 0.3 is 0 Å². The average Bonchev–Trinajstić information content (AvgIpc) is 2.46. The normalized spacial score (nSPS) is 10.0. The van der Waals surface area contributed by atoms with E-state index >= 15 is 0 Å². The van der Waals surface area contributed by atoms with Gasteiger partial charge < -0.3 is 10.1 Å². The Balaban J connectivity index is 1.99. The van der Waals surface area contributed by atoms with Crippen LogP contribution < -0.4 is 10.1 Å². The molecule has 0 spiro atoms. The van der Waals surface area contributed by atoms with E-state index in [9.17, 15) is 0 Å². The van der Waals surface area contributed by atoms with Crippen LogP contribution in [0.1, 0.15) is 5.56 Å². The third kappa shape index (κ3) is 3.52. The van der Waals surface area contributed by atoms with Gasteiger partial charge in [0.05, 0.1) is 12.1 Å². The van der Waals surface area contributed by atoms with Crippen molar-refractivity contribution in [1.82, 2.24) is 0 Å². The van der Waals surface area contributed by atoms with Crippen LogP contribution in [-0.2, 0) is 0 Å². The second-order valence-electron chi connectivity index (χ2n) is 4.17. The van der Waals surface area contributed by atoms with E-state index in [2.05, 4.69) is 11.9 Å². The zero-order valence-electron chi connectivity index (χ0n) is 10.8. The third-order valence-corrected chi connectivity index (χ3v) is 3.14. The zero-order chi connectivity index (χ0) is 13.7. The zero-order valence-corrected chi connectivity index (χ0v) is 11.6. The van der Waals surface area contributed by atoms with E-state index in [4.69, 9.17) is 16.3 Å². The summed E-state index contributed by atoms with van der Waals surface area (Å²) in [6.07, 6.45) is 0. The minimum Gasteiger partial charge on any atom is -0.495 e. The van der Waals surface area contributed by atoms with Crippen molar-refractivity contribution in [3.8, 4) is 5.75 Å². The molecule has 2 nitrogen and oxygen atoms in total. The van der Waals surface area contributed by atoms with E-state index in [0.29, 0.717) is 17.3 Å². The number of ether oxygens (including phenoxy) is 1. The van der Waals surface area contributed by atoms with Gasteiger partial charge in [-0.1, -0.05) is 48.5 Å². The van der Waals surface area contributed by atoms with Gasteiger partial charge in [0.2, 0.25) is 0 Å². The maximum absolute atomic E-state index is 6.07. The van der Waals surface area contributed by atoms with E-state index in [1.807, 2.05) is 48.5 Å². The lowest BCUT2D eigenvalue weighted by molar-refractivity contribution is 0.415. The molecule has 0 aliphatic heterocycles. The van der Waals surface area contributed by atoms with Crippen molar-refractivity contribution in [2.45, 2.75) is 0 Å². The van der Waals surface area contributed by atoms with Gasteiger partial charge in [-0.3, -0.25) is 0 Å². The Morgan fingerprint density at radius 1 is 1.21 bits per heavy atom. The second-order valence-corrected chi connectivity index (χ2v) is 4.58. The Morgan fingerprint density at radius 3 is 2.58 bits per heavy atom. The summed E-state index contributed by atoms with van der Waals surface area (Å²) in [5.41, 5.74) is 3.12. The number of hydrogen-bond donors (Lipinski definition) is 1. The van der Waals surface area contributed by atoms with Crippen LogP contribution in [0.3, 0.4) is 0 Å². The molecule has 0 saturated carbocycles. The van der Waals surface area contributed by atoms with Gasteiger partial charge in [0.15, 0.2) is 0 Å². The monoisotopic (exact) mass is 273 g/mol. The van der Waals surface area contributed by atoms with E-state index in [0.717, 1.165) is 16.8 Å². The molecule has 0 aromatic heterocycles. The molecule has 0 fully saturated rings. The highest BCUT2D eigenvalue weighted by Crippen LogP contribution is 2.27. The second kappa shape index (κ2) is 6.30. The molecule has 0 amide bonds. The minimum absolute atomic E-state index is 0.595. The summed E-state index contributed by atoms with van der Waals surface area (Å²) < 4.78 is 5.12. The van der Waals surface area contributed by atoms with Gasteiger partial charge in [-0.15, -0.1) is 0 Å². The molecule has 0 aliphatic carbocycles. The Hall–Kier alpha value is -1.93. The SMILES string of the molecule is C=C(CNc1ccc(OC)c(Cl)c1)c1ccccc1. The van der Waals surface area contributed by atoms with Gasteiger partial charge in [-0.25, -0.2) is 0 Å². The van der Waals surface area contributed by atoms with Crippen molar-refractivity contribution in [3.63, 3.8) is 0 Å². The lowest BCUT2D eigenvalue weighted by atomic mass is 10.1. The predicted octanol–water partition coefficient (Wildman–Crippen LogP) is 4.47. The van der Waals surface area contributed by atoms with Gasteiger partial charge in [0.25, 0.3) is 0 Å². The maximum Gasteiger partial charge on any atom is 0.137 e. The van der Waals surface area contributed by atoms with E-state index in [1.54, 1.807) is 7.11 Å². The van der Waals surface area contributed by atoms with Crippen molar-refractivity contribution >= 4 is 22.9 Å². The number of halogens is 1. The summed E-state index contributed by atoms with van der Waals surface area (Å²) in [5.74, 6) is 0.675. The molecule has 98 valence electrons. The third-order valence-electron chi connectivity index (χ3n) is 2.84. The lowest BCUT2D eigenvalue weighted by Crippen LogP contribution is -2.03. The number of hydrogen-bond acceptors (Lipinski definition) is 2. The topological polar surface area (TPSA) is 21.3 Å². The van der Waals surface area contributed by atoms with Crippen LogP contribution in [0.25, 0.3) is 5.57 Å². The molecule has 0 heterocycles. The maximum atomic E-state index is 6.07. The minimum atomic E-state index is 0.595. The highest BCUT2D eigenvalue weighted by atomic mass is 35.5. The molecule has 19 heavy (non-hydrogen) atoms. The number of methoxy groups -OCH3 is 1. The summed E-state index contributed by atoms with van der Waals surface area (Å²) in [6, 6.07) is 15.7. The van der Waals surface area contributed by atoms with Crippen LogP contribution in [0, 0.1) is 0 Å². The number of anilines is 1. The van der Waals surface area contributed by atoms with E-state index in [-0.39, 0.29) is 0 Å². The highest BCUT2D eigenvalue weighted by Gasteiger charge is 2.02. The van der Waals surface area contributed by atoms with Crippen molar-refractivity contribution in [2.24, 2.45) is 0 Å². The largest absolute Gasteiger partial charge is 0.495 e. The van der Waals surface area contributed by atoms with Crippen LogP contribution in [0.4, 0.5) is 5.69 Å². The van der Waals surface area contributed by atoms with Crippen LogP contribution >= 0.6 is 11.6 Å². The summed E-state index contributed by atoms with van der Waals surface area (Å²) >= 11 is 6.07. The standard InChI is InChI=1S/C16H16ClNO/c1-12(13-6-4-3-5-7-13)11-18-14-8-9-16(19-2)15(17)10-14/h3-10,18H,1,11H2,2H3. The Morgan fingerprint density at radius 2 is 1.95 bits per heavy atom. The summed E-state index contributed by atoms with van der Waals surface area (Å²) in [4.78, 5) is 0. The molecular formula is C16H16ClNO. The van der Waals surface area contributed by atoms with Crippen LogP contribution in [0.15, 0.2) is 55.1 Å². The first-order chi connectivity index (χ1) is 9.20. The Labute approximate surface area is 118 Å². The lowest BCUT2D eigenvalue weighted by Gasteiger charge is -2.11. The van der Waals surface area contributed by atoms with Gasteiger partial charge in [0, 0.05) is 12.2 Å². The van der Waals surface area contributed by atoms with E-state index in [1.165, 1.54) is 0 Å². The smallest absolute Gasteiger partial charge is 0.137 e. The van der Waals surface area contributed by atoms with Crippen LogP contribution in [-0.4, -0.2) is 13.7 Å². The number of benzene rings is 2. The molecule has 0 unspecified atom stereocenters. The van der Waals surface area contributed by atoms with Crippen LogP contribution in [0.2, 0.25) is 5.02 Å². The molecule has 0 aliphatic rings. The molecule has 3 heteroatoms. The molecular weight excluding hydrogens is 258 g/mol. The molecule has 2 aromatic rings. The number of nitrogens with one attached hydrogen (secondary N) is 1. The molecule has 0 saturated heterocycles. The van der Waals surface area contributed by atoms with Crippen molar-refractivity contribution < 1.29 is 4.74 Å². The van der Waals surface area contributed by atoms with Crippen molar-refractivity contribution in [3.05, 3.63) is 65.7 Å². The van der Waals surface area contributed by atoms with E-state index < -0.39 is 0 Å². The molecule has 2 aromatic carbocycles. The first kappa shape index (κ1) is 13.5. The fourth-order valence-electron chi connectivity index (χ4n) is 1.76. The molecule has 2 rings (SSSR count). The predicted molar refractivity (Wildman–Crippen MR) is 82.0 cm³/mol. The quantitative estimate of drug-likeness (QED) is 0.868. The molecule has 1 N–H and O–H groups in total. The fourth-order valence-corrected chi connectivity index (χ4v) is 2.02. The number of rotatable bonds is 5. The summed E-state index contributed by atoms with van der Waals surface area (Å²) in [6.45, 7) is 4.75. The molecule has 0 atom stereocenters. The molecule has 0 bridgehead atoms. The Kier molecular flexibility index (Phi) is 4.48. The van der Waals surface area contributed by atoms with Gasteiger partial charge in [0.1, 0.15) is 5.75 Å². The highest BCUT2D eigenvalue weighted by molar-refractivity contribution is 6.32. The Bertz CT molecular complexity index is 566. The average molecular weight is 274 g/mol. The molecule has 0 radical (unpaired) electrons. The van der Waals surface area contributed by atoms with Crippen LogP contribution in [0.5, 0.6) is 5.75 Å². The van der Waals surface area contributed by atoms with Crippen molar-refractivity contribution in [2.75, 3.05) is 19.0 Å². The van der Waals surface area contributed by atoms with Crippen molar-refractivity contribution in [1.29, 1.82) is 0 Å². The first-order valence-electron chi connectivity index (χ1n) is 6.01. The van der Waals surface area contributed by atoms with Gasteiger partial charge in [-0.2, -0.15) is 0 Å². The summed E-state index contributed by atoms with van der Waals surface area (Å²) in [7, 11) is 1.60. The first-order valence-corrected chi connectivity index (χ1v) is 6.39. The summed E-state index contributed by atoms with van der Waals surface area (Å²) in [5, 5.41) is 3.89. The fraction of sp³-hybridized carbons (Fsp3) is 0.125. The van der Waals surface area contributed by atoms with Gasteiger partial charge in [-0.05, 0) is 29.3 Å².